The highest BCUT2D eigenvalue weighted by Crippen LogP contribution is 2.41. The molecular formula is C15H12ClFN2OS. The molecule has 108 valence electrons. The van der Waals surface area contributed by atoms with Crippen molar-refractivity contribution in [2.75, 3.05) is 12.4 Å². The maximum atomic E-state index is 13.7. The van der Waals surface area contributed by atoms with Crippen molar-refractivity contribution in [2.45, 2.75) is 15.8 Å². The first-order valence-corrected chi connectivity index (χ1v) is 7.53. The third-order valence-electron chi connectivity index (χ3n) is 3.28. The topological polar surface area (TPSA) is 41.1 Å². The largest absolute Gasteiger partial charge is 0.324 e. The van der Waals surface area contributed by atoms with Crippen molar-refractivity contribution >= 4 is 35.0 Å². The summed E-state index contributed by atoms with van der Waals surface area (Å²) >= 11 is 7.51. The summed E-state index contributed by atoms with van der Waals surface area (Å²) in [7, 11) is 1.72. The van der Waals surface area contributed by atoms with E-state index in [0.717, 1.165) is 5.56 Å². The summed E-state index contributed by atoms with van der Waals surface area (Å²) in [5, 5.41) is 6.24. The van der Waals surface area contributed by atoms with Gasteiger partial charge in [-0.2, -0.15) is 0 Å². The summed E-state index contributed by atoms with van der Waals surface area (Å²) < 4.78 is 13.7. The van der Waals surface area contributed by atoms with Crippen LogP contribution in [-0.2, 0) is 4.79 Å². The highest BCUT2D eigenvalue weighted by Gasteiger charge is 2.30. The minimum Gasteiger partial charge on any atom is -0.324 e. The zero-order chi connectivity index (χ0) is 15.0. The summed E-state index contributed by atoms with van der Waals surface area (Å²) in [5.74, 6) is -0.409. The minimum absolute atomic E-state index is 0.114. The number of anilines is 1. The molecule has 0 bridgehead atoms. The Kier molecular flexibility index (Phi) is 3.89. The van der Waals surface area contributed by atoms with Crippen LogP contribution >= 0.6 is 23.4 Å². The van der Waals surface area contributed by atoms with Gasteiger partial charge >= 0.3 is 0 Å². The molecule has 0 spiro atoms. The van der Waals surface area contributed by atoms with E-state index in [0.29, 0.717) is 20.5 Å². The quantitative estimate of drug-likeness (QED) is 0.902. The van der Waals surface area contributed by atoms with Gasteiger partial charge in [0.2, 0.25) is 5.91 Å². The zero-order valence-electron chi connectivity index (χ0n) is 11.1. The molecule has 6 heteroatoms. The molecule has 3 nitrogen and oxygen atoms in total. The number of nitrogens with one attached hydrogen (secondary N) is 2. The Morgan fingerprint density at radius 2 is 2.05 bits per heavy atom. The second-order valence-corrected chi connectivity index (χ2v) is 6.10. The third-order valence-corrected chi connectivity index (χ3v) is 4.81. The zero-order valence-corrected chi connectivity index (χ0v) is 12.7. The van der Waals surface area contributed by atoms with Crippen molar-refractivity contribution in [2.24, 2.45) is 0 Å². The van der Waals surface area contributed by atoms with E-state index < -0.39 is 6.04 Å². The number of hydrogen-bond donors (Lipinski definition) is 2. The predicted molar refractivity (Wildman–Crippen MR) is 82.4 cm³/mol. The maximum Gasteiger partial charge on any atom is 0.246 e. The number of carbonyl (C=O) groups is 1. The Morgan fingerprint density at radius 3 is 2.76 bits per heavy atom. The van der Waals surface area contributed by atoms with E-state index in [1.54, 1.807) is 37.4 Å². The molecule has 1 heterocycles. The van der Waals surface area contributed by atoms with Crippen molar-refractivity contribution in [3.63, 3.8) is 0 Å². The molecule has 0 saturated heterocycles. The Labute approximate surface area is 130 Å². The Bertz CT molecular complexity index is 723. The molecule has 2 aromatic carbocycles. The fraction of sp³-hybridized carbons (Fsp3) is 0.133. The molecule has 1 aliphatic rings. The fourth-order valence-electron chi connectivity index (χ4n) is 2.27. The van der Waals surface area contributed by atoms with Crippen molar-refractivity contribution in [3.8, 4) is 0 Å². The van der Waals surface area contributed by atoms with Crippen molar-refractivity contribution in [1.29, 1.82) is 0 Å². The van der Waals surface area contributed by atoms with Crippen LogP contribution in [0.5, 0.6) is 0 Å². The number of halogens is 2. The van der Waals surface area contributed by atoms with Gasteiger partial charge in [-0.15, -0.1) is 0 Å². The summed E-state index contributed by atoms with van der Waals surface area (Å²) in [6, 6.07) is 9.64. The van der Waals surface area contributed by atoms with E-state index in [1.807, 2.05) is 0 Å². The standard InChI is InChI=1S/C15H12ClFN2OS/c1-18-14-8-6-9(16)13(7-11(8)19-15(14)20)21-12-5-3-2-4-10(12)17/h2-7,14,18H,1H3,(H,19,20). The van der Waals surface area contributed by atoms with Crippen LogP contribution in [-0.4, -0.2) is 13.0 Å². The van der Waals surface area contributed by atoms with Gasteiger partial charge < -0.3 is 10.6 Å². The lowest BCUT2D eigenvalue weighted by molar-refractivity contribution is -0.117. The number of likely N-dealkylation sites (N-methyl/N-ethyl adjacent to an activating group) is 1. The molecule has 0 aromatic heterocycles. The van der Waals surface area contributed by atoms with Gasteiger partial charge in [0, 0.05) is 21.0 Å². The van der Waals surface area contributed by atoms with Crippen molar-refractivity contribution < 1.29 is 9.18 Å². The molecule has 1 unspecified atom stereocenters. The van der Waals surface area contributed by atoms with Gasteiger partial charge in [-0.25, -0.2) is 4.39 Å². The molecular weight excluding hydrogens is 311 g/mol. The van der Waals surface area contributed by atoms with E-state index >= 15 is 0 Å². The molecule has 0 radical (unpaired) electrons. The van der Waals surface area contributed by atoms with Gasteiger partial charge in [-0.3, -0.25) is 4.79 Å². The highest BCUT2D eigenvalue weighted by atomic mass is 35.5. The number of carbonyl (C=O) groups excluding carboxylic acids is 1. The smallest absolute Gasteiger partial charge is 0.246 e. The van der Waals surface area contributed by atoms with Crippen LogP contribution in [0.15, 0.2) is 46.2 Å². The van der Waals surface area contributed by atoms with E-state index in [-0.39, 0.29) is 11.7 Å². The second kappa shape index (κ2) is 5.67. The van der Waals surface area contributed by atoms with Gasteiger partial charge in [0.1, 0.15) is 11.9 Å². The van der Waals surface area contributed by atoms with Crippen LogP contribution in [0.3, 0.4) is 0 Å². The lowest BCUT2D eigenvalue weighted by Gasteiger charge is -2.10. The molecule has 0 aliphatic carbocycles. The predicted octanol–water partition coefficient (Wildman–Crippen LogP) is 3.84. The minimum atomic E-state index is -0.398. The summed E-state index contributed by atoms with van der Waals surface area (Å²) in [6.07, 6.45) is 0. The molecule has 21 heavy (non-hydrogen) atoms. The van der Waals surface area contributed by atoms with Crippen LogP contribution in [0.4, 0.5) is 10.1 Å². The van der Waals surface area contributed by atoms with E-state index in [9.17, 15) is 9.18 Å². The molecule has 1 aliphatic heterocycles. The van der Waals surface area contributed by atoms with Gasteiger partial charge in [-0.1, -0.05) is 35.5 Å². The van der Waals surface area contributed by atoms with Crippen molar-refractivity contribution in [1.82, 2.24) is 5.32 Å². The third kappa shape index (κ3) is 2.64. The van der Waals surface area contributed by atoms with Crippen LogP contribution < -0.4 is 10.6 Å². The monoisotopic (exact) mass is 322 g/mol. The van der Waals surface area contributed by atoms with Gasteiger partial charge in [0.25, 0.3) is 0 Å². The SMILES string of the molecule is CNC1C(=O)Nc2cc(Sc3ccccc3F)c(Cl)cc21. The van der Waals surface area contributed by atoms with Gasteiger partial charge in [0.15, 0.2) is 0 Å². The van der Waals surface area contributed by atoms with Crippen LogP contribution in [0.1, 0.15) is 11.6 Å². The summed E-state index contributed by atoms with van der Waals surface area (Å²) in [4.78, 5) is 13.0. The van der Waals surface area contributed by atoms with E-state index in [2.05, 4.69) is 10.6 Å². The molecule has 1 atom stereocenters. The molecule has 2 N–H and O–H groups in total. The Balaban J connectivity index is 1.98. The summed E-state index contributed by atoms with van der Waals surface area (Å²) in [6.45, 7) is 0. The lowest BCUT2D eigenvalue weighted by atomic mass is 10.1. The number of amides is 1. The normalized spacial score (nSPS) is 16.7. The number of benzene rings is 2. The molecule has 0 fully saturated rings. The molecule has 1 amide bonds. The second-order valence-electron chi connectivity index (χ2n) is 4.61. The maximum absolute atomic E-state index is 13.7. The summed E-state index contributed by atoms with van der Waals surface area (Å²) in [5.41, 5.74) is 1.52. The van der Waals surface area contributed by atoms with Gasteiger partial charge in [0.05, 0.1) is 5.02 Å². The lowest BCUT2D eigenvalue weighted by Crippen LogP contribution is -2.23. The van der Waals surface area contributed by atoms with Crippen LogP contribution in [0.2, 0.25) is 5.02 Å². The van der Waals surface area contributed by atoms with Crippen LogP contribution in [0.25, 0.3) is 0 Å². The van der Waals surface area contributed by atoms with E-state index in [1.165, 1.54) is 17.8 Å². The average Bonchev–Trinajstić information content (AvgIpc) is 2.76. The van der Waals surface area contributed by atoms with E-state index in [4.69, 9.17) is 11.6 Å². The van der Waals surface area contributed by atoms with Crippen LogP contribution in [0, 0.1) is 5.82 Å². The Morgan fingerprint density at radius 1 is 1.29 bits per heavy atom. The van der Waals surface area contributed by atoms with Crippen molar-refractivity contribution in [3.05, 3.63) is 52.8 Å². The highest BCUT2D eigenvalue weighted by molar-refractivity contribution is 7.99. The Hall–Kier alpha value is -1.56. The number of rotatable bonds is 3. The number of fused-ring (bicyclic) bond motifs is 1. The first-order valence-electron chi connectivity index (χ1n) is 6.34. The first kappa shape index (κ1) is 14.4. The fourth-order valence-corrected chi connectivity index (χ4v) is 3.44. The molecule has 2 aromatic rings. The molecule has 0 saturated carbocycles. The first-order chi connectivity index (χ1) is 10.1. The van der Waals surface area contributed by atoms with Gasteiger partial charge in [-0.05, 0) is 31.3 Å². The average molecular weight is 323 g/mol. The number of hydrogen-bond acceptors (Lipinski definition) is 3. The molecule has 3 rings (SSSR count).